The third-order valence-corrected chi connectivity index (χ3v) is 4.31. The molecule has 136 valence electrons. The third-order valence-electron chi connectivity index (χ3n) is 4.01. The standard InChI is InChI=1S/C18H17F2N3O2S/c1-22(12-5-7-15(24-2)16(9-12)25-3)17-10-21-18(26)23(17)14-6-4-11(19)8-13(14)20/h4-10H,1-3H3,(H,21,26). The normalized spacial score (nSPS) is 10.7. The Morgan fingerprint density at radius 2 is 1.77 bits per heavy atom. The Bertz CT molecular complexity index is 1000. The minimum Gasteiger partial charge on any atom is -0.493 e. The molecule has 5 nitrogen and oxygen atoms in total. The molecule has 1 heterocycles. The first kappa shape index (κ1) is 17.9. The zero-order valence-corrected chi connectivity index (χ0v) is 15.2. The van der Waals surface area contributed by atoms with Crippen molar-refractivity contribution < 1.29 is 18.3 Å². The zero-order valence-electron chi connectivity index (χ0n) is 14.4. The topological polar surface area (TPSA) is 42.4 Å². The number of halogens is 2. The first-order valence-corrected chi connectivity index (χ1v) is 8.08. The molecule has 26 heavy (non-hydrogen) atoms. The van der Waals surface area contributed by atoms with E-state index in [0.717, 1.165) is 11.8 Å². The predicted octanol–water partition coefficient (Wildman–Crippen LogP) is 4.60. The van der Waals surface area contributed by atoms with E-state index in [-0.39, 0.29) is 10.5 Å². The molecule has 1 N–H and O–H groups in total. The molecule has 3 rings (SSSR count). The van der Waals surface area contributed by atoms with Crippen molar-refractivity contribution in [1.29, 1.82) is 0 Å². The maximum Gasteiger partial charge on any atom is 0.183 e. The van der Waals surface area contributed by atoms with E-state index >= 15 is 0 Å². The van der Waals surface area contributed by atoms with Crippen LogP contribution in [-0.4, -0.2) is 30.8 Å². The van der Waals surface area contributed by atoms with Gasteiger partial charge in [0.1, 0.15) is 17.5 Å². The quantitative estimate of drug-likeness (QED) is 0.660. The van der Waals surface area contributed by atoms with Crippen LogP contribution in [0.5, 0.6) is 11.5 Å². The van der Waals surface area contributed by atoms with Crippen LogP contribution in [0.2, 0.25) is 0 Å². The molecule has 2 aromatic carbocycles. The summed E-state index contributed by atoms with van der Waals surface area (Å²) in [6.07, 6.45) is 1.65. The van der Waals surface area contributed by atoms with Crippen molar-refractivity contribution in [3.05, 3.63) is 59.0 Å². The van der Waals surface area contributed by atoms with E-state index in [1.165, 1.54) is 16.7 Å². The lowest BCUT2D eigenvalue weighted by Crippen LogP contribution is -2.14. The molecule has 8 heteroatoms. The summed E-state index contributed by atoms with van der Waals surface area (Å²) in [4.78, 5) is 4.70. The summed E-state index contributed by atoms with van der Waals surface area (Å²) in [5.41, 5.74) is 0.924. The number of hydrogen-bond acceptors (Lipinski definition) is 4. The Hall–Kier alpha value is -2.87. The number of imidazole rings is 1. The number of nitrogens with zero attached hydrogens (tertiary/aromatic N) is 2. The molecular formula is C18H17F2N3O2S. The van der Waals surface area contributed by atoms with Gasteiger partial charge in [-0.3, -0.25) is 4.57 Å². The summed E-state index contributed by atoms with van der Waals surface area (Å²) in [5.74, 6) is 0.379. The second-order valence-electron chi connectivity index (χ2n) is 5.48. The molecule has 0 spiro atoms. The van der Waals surface area contributed by atoms with Gasteiger partial charge in [0.25, 0.3) is 0 Å². The maximum atomic E-state index is 14.3. The number of nitrogens with one attached hydrogen (secondary N) is 1. The van der Waals surface area contributed by atoms with Crippen molar-refractivity contribution in [1.82, 2.24) is 9.55 Å². The van der Waals surface area contributed by atoms with Crippen LogP contribution in [0.4, 0.5) is 20.3 Å². The van der Waals surface area contributed by atoms with Crippen LogP contribution in [0.15, 0.2) is 42.6 Å². The van der Waals surface area contributed by atoms with Crippen molar-refractivity contribution in [2.45, 2.75) is 0 Å². The average molecular weight is 377 g/mol. The fourth-order valence-corrected chi connectivity index (χ4v) is 2.92. The molecule has 0 saturated carbocycles. The smallest absolute Gasteiger partial charge is 0.183 e. The Morgan fingerprint density at radius 1 is 1.04 bits per heavy atom. The first-order chi connectivity index (χ1) is 12.5. The molecule has 0 aliphatic carbocycles. The molecule has 0 bridgehead atoms. The Kier molecular flexibility index (Phi) is 4.94. The molecule has 0 fully saturated rings. The average Bonchev–Trinajstić information content (AvgIpc) is 3.02. The molecule has 3 aromatic rings. The zero-order chi connectivity index (χ0) is 18.8. The van der Waals surface area contributed by atoms with Crippen molar-refractivity contribution >= 4 is 23.7 Å². The summed E-state index contributed by atoms with van der Waals surface area (Å²) in [7, 11) is 4.91. The second kappa shape index (κ2) is 7.17. The highest BCUT2D eigenvalue weighted by Gasteiger charge is 2.17. The number of rotatable bonds is 5. The number of ether oxygens (including phenoxy) is 2. The summed E-state index contributed by atoms with van der Waals surface area (Å²) >= 11 is 5.28. The van der Waals surface area contributed by atoms with Crippen LogP contribution in [-0.2, 0) is 0 Å². The predicted molar refractivity (Wildman–Crippen MR) is 98.5 cm³/mol. The lowest BCUT2D eigenvalue weighted by atomic mass is 10.2. The van der Waals surface area contributed by atoms with E-state index in [2.05, 4.69) is 4.98 Å². The molecule has 1 aromatic heterocycles. The third kappa shape index (κ3) is 3.15. The minimum absolute atomic E-state index is 0.153. The van der Waals surface area contributed by atoms with Gasteiger partial charge in [-0.2, -0.15) is 0 Å². The van der Waals surface area contributed by atoms with Crippen LogP contribution < -0.4 is 14.4 Å². The molecule has 0 amide bonds. The Balaban J connectivity index is 2.10. The number of hydrogen-bond donors (Lipinski definition) is 1. The molecule has 0 aliphatic rings. The molecule has 0 aliphatic heterocycles. The van der Waals surface area contributed by atoms with Crippen LogP contribution in [0, 0.1) is 16.4 Å². The van der Waals surface area contributed by atoms with Crippen molar-refractivity contribution in [3.8, 4) is 17.2 Å². The van der Waals surface area contributed by atoms with E-state index in [4.69, 9.17) is 21.7 Å². The molecule has 0 atom stereocenters. The summed E-state index contributed by atoms with van der Waals surface area (Å²) in [6.45, 7) is 0. The van der Waals surface area contributed by atoms with Crippen LogP contribution in [0.3, 0.4) is 0 Å². The molecule has 0 unspecified atom stereocenters. The lowest BCUT2D eigenvalue weighted by molar-refractivity contribution is 0.355. The van der Waals surface area contributed by atoms with E-state index in [9.17, 15) is 8.78 Å². The van der Waals surface area contributed by atoms with Gasteiger partial charge in [0.2, 0.25) is 0 Å². The van der Waals surface area contributed by atoms with Gasteiger partial charge in [-0.05, 0) is 36.5 Å². The molecule has 0 radical (unpaired) electrons. The SMILES string of the molecule is COc1ccc(N(C)c2c[nH]c(=S)n2-c2ccc(F)cc2F)cc1OC. The minimum atomic E-state index is -0.706. The van der Waals surface area contributed by atoms with Crippen molar-refractivity contribution in [2.24, 2.45) is 0 Å². The Labute approximate surface area is 154 Å². The second-order valence-corrected chi connectivity index (χ2v) is 5.87. The molecular weight excluding hydrogens is 360 g/mol. The fourth-order valence-electron chi connectivity index (χ4n) is 2.67. The van der Waals surface area contributed by atoms with Crippen LogP contribution >= 0.6 is 12.2 Å². The monoisotopic (exact) mass is 377 g/mol. The van der Waals surface area contributed by atoms with Gasteiger partial charge in [-0.1, -0.05) is 0 Å². The highest BCUT2D eigenvalue weighted by atomic mass is 32.1. The highest BCUT2D eigenvalue weighted by Crippen LogP contribution is 2.34. The van der Waals surface area contributed by atoms with Gasteiger partial charge in [0.15, 0.2) is 16.3 Å². The van der Waals surface area contributed by atoms with E-state index in [0.29, 0.717) is 17.3 Å². The van der Waals surface area contributed by atoms with E-state index in [1.54, 1.807) is 44.5 Å². The summed E-state index contributed by atoms with van der Waals surface area (Å²) in [6, 6.07) is 8.76. The van der Waals surface area contributed by atoms with Gasteiger partial charge in [0.05, 0.1) is 19.9 Å². The number of methoxy groups -OCH3 is 2. The number of H-pyrrole nitrogens is 1. The number of aromatic amines is 1. The maximum absolute atomic E-state index is 14.3. The Morgan fingerprint density at radius 3 is 2.42 bits per heavy atom. The van der Waals surface area contributed by atoms with Crippen molar-refractivity contribution in [3.63, 3.8) is 0 Å². The van der Waals surface area contributed by atoms with E-state index < -0.39 is 11.6 Å². The number of anilines is 2. The fraction of sp³-hybridized carbons (Fsp3) is 0.167. The molecule has 0 saturated heterocycles. The van der Waals surface area contributed by atoms with Crippen LogP contribution in [0.1, 0.15) is 0 Å². The van der Waals surface area contributed by atoms with E-state index in [1.807, 2.05) is 6.07 Å². The summed E-state index contributed by atoms with van der Waals surface area (Å²) in [5, 5.41) is 0. The summed E-state index contributed by atoms with van der Waals surface area (Å²) < 4.78 is 39.9. The van der Waals surface area contributed by atoms with Gasteiger partial charge in [-0.25, -0.2) is 8.78 Å². The van der Waals surface area contributed by atoms with Crippen molar-refractivity contribution in [2.75, 3.05) is 26.2 Å². The van der Waals surface area contributed by atoms with Gasteiger partial charge in [0, 0.05) is 31.1 Å². The first-order valence-electron chi connectivity index (χ1n) is 7.68. The van der Waals surface area contributed by atoms with Gasteiger partial charge in [-0.15, -0.1) is 0 Å². The largest absolute Gasteiger partial charge is 0.493 e. The van der Waals surface area contributed by atoms with Gasteiger partial charge < -0.3 is 19.4 Å². The van der Waals surface area contributed by atoms with Crippen LogP contribution in [0.25, 0.3) is 5.69 Å². The van der Waals surface area contributed by atoms with Gasteiger partial charge >= 0.3 is 0 Å². The lowest BCUT2D eigenvalue weighted by Gasteiger charge is -2.22. The highest BCUT2D eigenvalue weighted by molar-refractivity contribution is 7.71. The number of aromatic nitrogens is 2. The number of benzene rings is 2.